The van der Waals surface area contributed by atoms with Gasteiger partial charge in [-0.1, -0.05) is 71.7 Å². The minimum atomic E-state index is -4.03. The van der Waals surface area contributed by atoms with E-state index in [9.17, 15) is 13.2 Å². The number of methoxy groups -OCH3 is 1. The third kappa shape index (κ3) is 7.52. The van der Waals surface area contributed by atoms with Gasteiger partial charge in [0.05, 0.1) is 29.8 Å². The molecule has 0 saturated heterocycles. The molecule has 0 bridgehead atoms. The first kappa shape index (κ1) is 29.8. The van der Waals surface area contributed by atoms with E-state index >= 15 is 0 Å². The Morgan fingerprint density at radius 3 is 2.33 bits per heavy atom. The Kier molecular flexibility index (Phi) is 10.4. The van der Waals surface area contributed by atoms with Crippen LogP contribution in [0.15, 0.2) is 102 Å². The van der Waals surface area contributed by atoms with E-state index < -0.39 is 10.0 Å². The highest BCUT2D eigenvalue weighted by molar-refractivity contribution is 7.98. The molecule has 4 aromatic rings. The SMILES string of the molecule is COc1ccc(S(=O)(=O)N(Cc2ccccc2)c2ccccc2C(=O)NCCSCc2ccc(Cl)cc2Cl)cc1. The van der Waals surface area contributed by atoms with E-state index in [-0.39, 0.29) is 22.9 Å². The Hall–Kier alpha value is -3.17. The van der Waals surface area contributed by atoms with Gasteiger partial charge in [-0.2, -0.15) is 11.8 Å². The van der Waals surface area contributed by atoms with Gasteiger partial charge in [0.2, 0.25) is 0 Å². The number of thioether (sulfide) groups is 1. The van der Waals surface area contributed by atoms with E-state index in [1.807, 2.05) is 36.4 Å². The normalized spacial score (nSPS) is 11.2. The maximum Gasteiger partial charge on any atom is 0.264 e. The number of halogens is 2. The largest absolute Gasteiger partial charge is 0.497 e. The molecule has 0 aromatic heterocycles. The average molecular weight is 616 g/mol. The summed E-state index contributed by atoms with van der Waals surface area (Å²) in [6.07, 6.45) is 0. The number of rotatable bonds is 12. The van der Waals surface area contributed by atoms with Gasteiger partial charge in [0.25, 0.3) is 15.9 Å². The Bertz CT molecular complexity index is 1550. The van der Waals surface area contributed by atoms with Crippen LogP contribution in [0, 0.1) is 0 Å². The second-order valence-electron chi connectivity index (χ2n) is 8.73. The standard InChI is InChI=1S/C30H28Cl2N2O4S2/c1-38-25-13-15-26(16-14-25)40(36,37)34(20-22-7-3-2-4-8-22)29-10-6-5-9-27(29)30(35)33-17-18-39-21-23-11-12-24(31)19-28(23)32/h2-16,19H,17-18,20-21H2,1H3,(H,33,35). The molecule has 1 amide bonds. The van der Waals surface area contributed by atoms with E-state index in [1.165, 1.54) is 23.5 Å². The lowest BCUT2D eigenvalue weighted by molar-refractivity contribution is 0.0957. The molecule has 4 aromatic carbocycles. The zero-order valence-electron chi connectivity index (χ0n) is 21.7. The molecular formula is C30H28Cl2N2O4S2. The van der Waals surface area contributed by atoms with Crippen LogP contribution in [0.4, 0.5) is 5.69 Å². The molecule has 0 spiro atoms. The highest BCUT2D eigenvalue weighted by Gasteiger charge is 2.28. The minimum Gasteiger partial charge on any atom is -0.497 e. The number of benzene rings is 4. The van der Waals surface area contributed by atoms with Crippen LogP contribution < -0.4 is 14.4 Å². The van der Waals surface area contributed by atoms with Gasteiger partial charge in [0.1, 0.15) is 5.75 Å². The van der Waals surface area contributed by atoms with Gasteiger partial charge in [-0.25, -0.2) is 8.42 Å². The van der Waals surface area contributed by atoms with Gasteiger partial charge in [-0.15, -0.1) is 0 Å². The van der Waals surface area contributed by atoms with Gasteiger partial charge in [-0.05, 0) is 59.7 Å². The number of anilines is 1. The van der Waals surface area contributed by atoms with Gasteiger partial charge in [0, 0.05) is 28.1 Å². The third-order valence-electron chi connectivity index (χ3n) is 6.04. The lowest BCUT2D eigenvalue weighted by atomic mass is 10.1. The molecule has 6 nitrogen and oxygen atoms in total. The predicted octanol–water partition coefficient (Wildman–Crippen LogP) is 7.06. The van der Waals surface area contributed by atoms with Gasteiger partial charge >= 0.3 is 0 Å². The Morgan fingerprint density at radius 1 is 0.925 bits per heavy atom. The van der Waals surface area contributed by atoms with Crippen LogP contribution in [0.1, 0.15) is 21.5 Å². The molecule has 0 atom stereocenters. The molecular weight excluding hydrogens is 587 g/mol. The summed E-state index contributed by atoms with van der Waals surface area (Å²) >= 11 is 13.8. The third-order valence-corrected chi connectivity index (χ3v) is 9.41. The summed E-state index contributed by atoms with van der Waals surface area (Å²) in [5, 5.41) is 4.11. The number of carbonyl (C=O) groups excluding carboxylic acids is 1. The highest BCUT2D eigenvalue weighted by Crippen LogP contribution is 2.30. The molecule has 0 saturated carbocycles. The summed E-state index contributed by atoms with van der Waals surface area (Å²) in [6.45, 7) is 0.449. The first-order chi connectivity index (χ1) is 19.3. The fourth-order valence-corrected chi connectivity index (χ4v) is 6.85. The Morgan fingerprint density at radius 2 is 1.62 bits per heavy atom. The summed E-state index contributed by atoms with van der Waals surface area (Å²) in [6, 6.07) is 27.6. The molecule has 10 heteroatoms. The molecule has 0 radical (unpaired) electrons. The Balaban J connectivity index is 1.53. The molecule has 0 aliphatic heterocycles. The van der Waals surface area contributed by atoms with E-state index in [0.29, 0.717) is 39.5 Å². The Labute approximate surface area is 249 Å². The van der Waals surface area contributed by atoms with Crippen molar-refractivity contribution in [1.29, 1.82) is 0 Å². The summed E-state index contributed by atoms with van der Waals surface area (Å²) < 4.78 is 34.3. The van der Waals surface area contributed by atoms with Crippen molar-refractivity contribution in [2.24, 2.45) is 0 Å². The van der Waals surface area contributed by atoms with Gasteiger partial charge in [0.15, 0.2) is 0 Å². The van der Waals surface area contributed by atoms with Crippen LogP contribution in [0.25, 0.3) is 0 Å². The summed E-state index contributed by atoms with van der Waals surface area (Å²) in [5.41, 5.74) is 2.31. The van der Waals surface area contributed by atoms with Crippen molar-refractivity contribution in [3.8, 4) is 5.75 Å². The van der Waals surface area contributed by atoms with Crippen molar-refractivity contribution >= 4 is 56.6 Å². The summed E-state index contributed by atoms with van der Waals surface area (Å²) in [7, 11) is -2.51. The number of carbonyl (C=O) groups is 1. The van der Waals surface area contributed by atoms with Crippen molar-refractivity contribution in [1.82, 2.24) is 5.32 Å². The van der Waals surface area contributed by atoms with E-state index in [0.717, 1.165) is 11.1 Å². The number of nitrogens with one attached hydrogen (secondary N) is 1. The van der Waals surface area contributed by atoms with Crippen molar-refractivity contribution in [3.05, 3.63) is 124 Å². The number of nitrogens with zero attached hydrogens (tertiary/aromatic N) is 1. The van der Waals surface area contributed by atoms with Crippen LogP contribution in [0.2, 0.25) is 10.0 Å². The molecule has 0 fully saturated rings. The van der Waals surface area contributed by atoms with Crippen LogP contribution in [-0.4, -0.2) is 33.7 Å². The first-order valence-electron chi connectivity index (χ1n) is 12.4. The van der Waals surface area contributed by atoms with E-state index in [4.69, 9.17) is 27.9 Å². The highest BCUT2D eigenvalue weighted by atomic mass is 35.5. The summed E-state index contributed by atoms with van der Waals surface area (Å²) in [5.74, 6) is 1.51. The first-order valence-corrected chi connectivity index (χ1v) is 15.7. The van der Waals surface area contributed by atoms with Crippen LogP contribution >= 0.6 is 35.0 Å². The van der Waals surface area contributed by atoms with Crippen molar-refractivity contribution in [3.63, 3.8) is 0 Å². The van der Waals surface area contributed by atoms with Crippen molar-refractivity contribution in [2.75, 3.05) is 23.7 Å². The second-order valence-corrected chi connectivity index (χ2v) is 12.5. The zero-order chi connectivity index (χ0) is 28.5. The topological polar surface area (TPSA) is 75.7 Å². The molecule has 1 N–H and O–H groups in total. The molecule has 0 aliphatic carbocycles. The fraction of sp³-hybridized carbons (Fsp3) is 0.167. The van der Waals surface area contributed by atoms with Crippen molar-refractivity contribution < 1.29 is 17.9 Å². The molecule has 0 heterocycles. The van der Waals surface area contributed by atoms with Gasteiger partial charge in [-0.3, -0.25) is 9.10 Å². The number of sulfonamides is 1. The van der Waals surface area contributed by atoms with Crippen LogP contribution in [0.5, 0.6) is 5.75 Å². The number of hydrogen-bond acceptors (Lipinski definition) is 5. The summed E-state index contributed by atoms with van der Waals surface area (Å²) in [4.78, 5) is 13.4. The quantitative estimate of drug-likeness (QED) is 0.173. The molecule has 0 unspecified atom stereocenters. The lowest BCUT2D eigenvalue weighted by Crippen LogP contribution is -2.34. The van der Waals surface area contributed by atoms with Crippen molar-refractivity contribution in [2.45, 2.75) is 17.2 Å². The molecule has 0 aliphatic rings. The number of ether oxygens (including phenoxy) is 1. The molecule has 208 valence electrons. The van der Waals surface area contributed by atoms with Gasteiger partial charge < -0.3 is 10.1 Å². The molecule has 40 heavy (non-hydrogen) atoms. The van der Waals surface area contributed by atoms with E-state index in [2.05, 4.69) is 5.32 Å². The van der Waals surface area contributed by atoms with Crippen LogP contribution in [0.3, 0.4) is 0 Å². The van der Waals surface area contributed by atoms with E-state index in [1.54, 1.807) is 60.3 Å². The monoisotopic (exact) mass is 614 g/mol. The smallest absolute Gasteiger partial charge is 0.264 e. The lowest BCUT2D eigenvalue weighted by Gasteiger charge is -2.26. The minimum absolute atomic E-state index is 0.0528. The second kappa shape index (κ2) is 13.9. The maximum atomic E-state index is 13.9. The zero-order valence-corrected chi connectivity index (χ0v) is 24.9. The van der Waals surface area contributed by atoms with Crippen LogP contribution in [-0.2, 0) is 22.3 Å². The number of amides is 1. The predicted molar refractivity (Wildman–Crippen MR) is 164 cm³/mol. The average Bonchev–Trinajstić information content (AvgIpc) is 2.97. The molecule has 4 rings (SSSR count). The maximum absolute atomic E-state index is 13.9. The number of para-hydroxylation sites is 1. The fourth-order valence-electron chi connectivity index (χ4n) is 3.96. The number of hydrogen-bond donors (Lipinski definition) is 1.